The lowest BCUT2D eigenvalue weighted by atomic mass is 10.1. The molecule has 0 rings (SSSR count). The third kappa shape index (κ3) is 3.67. The molecule has 1 atom stereocenters. The van der Waals surface area contributed by atoms with Crippen LogP contribution in [0.3, 0.4) is 0 Å². The molecule has 0 fully saturated rings. The van der Waals surface area contributed by atoms with Gasteiger partial charge in [-0.3, -0.25) is 0 Å². The smallest absolute Gasteiger partial charge is 0.160 e. The van der Waals surface area contributed by atoms with Crippen LogP contribution in [0.2, 0.25) is 0 Å². The van der Waals surface area contributed by atoms with Crippen LogP contribution in [0.5, 0.6) is 0 Å². The molecule has 0 aromatic carbocycles. The van der Waals surface area contributed by atoms with Gasteiger partial charge in [-0.2, -0.15) is 0 Å². The summed E-state index contributed by atoms with van der Waals surface area (Å²) in [6, 6.07) is 0. The predicted octanol–water partition coefficient (Wildman–Crippen LogP) is 0.980. The van der Waals surface area contributed by atoms with Gasteiger partial charge in [0.2, 0.25) is 0 Å². The van der Waals surface area contributed by atoms with Crippen molar-refractivity contribution in [3.63, 3.8) is 0 Å². The summed E-state index contributed by atoms with van der Waals surface area (Å²) in [7, 11) is 3.35. The minimum atomic E-state index is 0.484. The first-order chi connectivity index (χ1) is 3.31. The molecule has 0 aromatic heterocycles. The van der Waals surface area contributed by atoms with Gasteiger partial charge in [0.05, 0.1) is 0 Å². The van der Waals surface area contributed by atoms with Crippen molar-refractivity contribution in [2.45, 2.75) is 6.92 Å². The fourth-order valence-electron chi connectivity index (χ4n) is 0.278. The van der Waals surface area contributed by atoms with Gasteiger partial charge in [-0.05, 0) is 6.92 Å². The van der Waals surface area contributed by atoms with Gasteiger partial charge in [0, 0.05) is 0 Å². The highest BCUT2D eigenvalue weighted by Gasteiger charge is 2.00. The quantitative estimate of drug-likeness (QED) is 0.370. The molecule has 0 aliphatic heterocycles. The van der Waals surface area contributed by atoms with E-state index in [2.05, 4.69) is 25.7 Å². The molecule has 0 aliphatic rings. The van der Waals surface area contributed by atoms with Crippen LogP contribution >= 0.6 is 0 Å². The molecule has 0 saturated heterocycles. The molecule has 0 spiro atoms. The standard InChI is InChI=1S/C6H12O/c1-4-6(2)5-7-3/h4,6-7H,1,3,5H2,2H3/t6-/m1/s1. The summed E-state index contributed by atoms with van der Waals surface area (Å²) in [6.45, 7) is 6.44. The van der Waals surface area contributed by atoms with Crippen molar-refractivity contribution in [3.05, 3.63) is 20.5 Å². The third-order valence-electron chi connectivity index (χ3n) is 0.819. The minimum Gasteiger partial charge on any atom is -0.578 e. The van der Waals surface area contributed by atoms with E-state index >= 15 is 0 Å². The van der Waals surface area contributed by atoms with Crippen LogP contribution in [0.4, 0.5) is 0 Å². The lowest BCUT2D eigenvalue weighted by Crippen LogP contribution is -2.03. The van der Waals surface area contributed by atoms with E-state index in [1.807, 2.05) is 6.42 Å². The summed E-state index contributed by atoms with van der Waals surface area (Å²) in [6.07, 6.45) is 1.87. The first-order valence-corrected chi connectivity index (χ1v) is 2.36. The molecule has 0 bridgehead atoms. The number of hydrogen-bond acceptors (Lipinski definition) is 0. The maximum atomic E-state index is 3.69. The van der Waals surface area contributed by atoms with E-state index < -0.39 is 0 Å². The maximum absolute atomic E-state index is 3.69. The maximum Gasteiger partial charge on any atom is 0.160 e. The molecular formula is C6H12O. The Labute approximate surface area is 45.7 Å². The highest BCUT2D eigenvalue weighted by atomic mass is 16.5. The lowest BCUT2D eigenvalue weighted by Gasteiger charge is -2.01. The highest BCUT2D eigenvalue weighted by Crippen LogP contribution is 1.95. The zero-order valence-corrected chi connectivity index (χ0v) is 4.72. The summed E-state index contributed by atoms with van der Waals surface area (Å²) in [5.74, 6) is 0.484. The fourth-order valence-corrected chi connectivity index (χ4v) is 0.278. The summed E-state index contributed by atoms with van der Waals surface area (Å²) in [4.78, 5) is 0. The van der Waals surface area contributed by atoms with Gasteiger partial charge in [0.1, 0.15) is 5.92 Å². The van der Waals surface area contributed by atoms with Crippen molar-refractivity contribution in [1.82, 2.24) is 0 Å². The average molecular weight is 100 g/mol. The van der Waals surface area contributed by atoms with Crippen LogP contribution < -0.4 is 0 Å². The summed E-state index contributed by atoms with van der Waals surface area (Å²) < 4.78 is 3.69. The van der Waals surface area contributed by atoms with Crippen molar-refractivity contribution >= 4 is 0 Å². The normalized spacial score (nSPS) is 13.6. The number of aliphatic hydroxyl groups is 2. The predicted molar refractivity (Wildman–Crippen MR) is 31.3 cm³/mol. The molecule has 1 heteroatoms. The van der Waals surface area contributed by atoms with Crippen molar-refractivity contribution in [2.24, 2.45) is 5.92 Å². The molecule has 0 aromatic rings. The second kappa shape index (κ2) is 4.00. The van der Waals surface area contributed by atoms with Crippen LogP contribution in [0, 0.1) is 26.4 Å². The van der Waals surface area contributed by atoms with Crippen LogP contribution in [-0.4, -0.2) is 11.3 Å². The van der Waals surface area contributed by atoms with E-state index in [0.717, 1.165) is 6.61 Å². The Kier molecular flexibility index (Phi) is 3.90. The molecule has 0 radical (unpaired) electrons. The highest BCUT2D eigenvalue weighted by molar-refractivity contribution is 4.73. The second-order valence-corrected chi connectivity index (χ2v) is 1.62. The minimum absolute atomic E-state index is 0.484. The van der Waals surface area contributed by atoms with Gasteiger partial charge >= 0.3 is 0 Å². The third-order valence-corrected chi connectivity index (χ3v) is 0.819. The fraction of sp³-hybridized carbons (Fsp3) is 0.500. The Morgan fingerprint density at radius 1 is 1.86 bits per heavy atom. The molecule has 0 aliphatic carbocycles. The SMILES string of the molecule is [CH2-][CH+][C@@H](C)C[OH+][CH2-]. The van der Waals surface area contributed by atoms with Gasteiger partial charge in [0.15, 0.2) is 6.61 Å². The zero-order chi connectivity index (χ0) is 5.70. The molecular weight excluding hydrogens is 88.1 g/mol. The molecule has 42 valence electrons. The zero-order valence-electron chi connectivity index (χ0n) is 4.72. The van der Waals surface area contributed by atoms with Crippen LogP contribution in [0.25, 0.3) is 0 Å². The first kappa shape index (κ1) is 6.83. The average Bonchev–Trinajstić information content (AvgIpc) is 1.68. The van der Waals surface area contributed by atoms with E-state index in [-0.39, 0.29) is 0 Å². The Balaban J connectivity index is 2.83. The Morgan fingerprint density at radius 3 is 2.57 bits per heavy atom. The summed E-state index contributed by atoms with van der Waals surface area (Å²) in [5, 5.41) is 0. The van der Waals surface area contributed by atoms with Gasteiger partial charge in [-0.1, -0.05) is 13.5 Å². The number of ether oxygens (including phenoxy) is 1. The van der Waals surface area contributed by atoms with Crippen molar-refractivity contribution in [3.8, 4) is 0 Å². The van der Waals surface area contributed by atoms with E-state index in [4.69, 9.17) is 0 Å². The Bertz CT molecular complexity index is 35.2. The summed E-state index contributed by atoms with van der Waals surface area (Å²) >= 11 is 0. The Hall–Kier alpha value is -0.170. The van der Waals surface area contributed by atoms with E-state index in [1.165, 1.54) is 0 Å². The molecule has 1 N–H and O–H groups in total. The second-order valence-electron chi connectivity index (χ2n) is 1.62. The number of rotatable bonds is 3. The van der Waals surface area contributed by atoms with Crippen molar-refractivity contribution < 1.29 is 4.74 Å². The van der Waals surface area contributed by atoms with E-state index in [0.29, 0.717) is 5.92 Å². The van der Waals surface area contributed by atoms with Crippen molar-refractivity contribution in [2.75, 3.05) is 6.61 Å². The van der Waals surface area contributed by atoms with E-state index in [1.54, 1.807) is 0 Å². The molecule has 1 nitrogen and oxygen atoms in total. The van der Waals surface area contributed by atoms with Gasteiger partial charge in [-0.25, -0.2) is 0 Å². The monoisotopic (exact) mass is 100 g/mol. The Morgan fingerprint density at radius 2 is 2.43 bits per heavy atom. The van der Waals surface area contributed by atoms with Crippen molar-refractivity contribution in [1.29, 1.82) is 0 Å². The van der Waals surface area contributed by atoms with Gasteiger partial charge < -0.3 is 4.74 Å². The van der Waals surface area contributed by atoms with Crippen LogP contribution in [0.1, 0.15) is 6.92 Å². The molecule has 0 saturated carbocycles. The molecule has 7 heavy (non-hydrogen) atoms. The van der Waals surface area contributed by atoms with Gasteiger partial charge in [-0.15, -0.1) is 6.92 Å². The first-order valence-electron chi connectivity index (χ1n) is 2.36. The largest absolute Gasteiger partial charge is 0.578 e. The van der Waals surface area contributed by atoms with Crippen LogP contribution in [0.15, 0.2) is 0 Å². The molecule has 0 unspecified atom stereocenters. The molecule has 0 amide bonds. The van der Waals surface area contributed by atoms with Crippen LogP contribution in [-0.2, 0) is 0 Å². The summed E-state index contributed by atoms with van der Waals surface area (Å²) in [5.41, 5.74) is 0. The molecule has 0 heterocycles. The topological polar surface area (TPSA) is 12.8 Å². The number of hydrogen-bond donors (Lipinski definition) is 0. The van der Waals surface area contributed by atoms with Gasteiger partial charge in [0.25, 0.3) is 0 Å². The van der Waals surface area contributed by atoms with E-state index in [9.17, 15) is 0 Å². The lowest BCUT2D eigenvalue weighted by molar-refractivity contribution is 0.0378.